The predicted molar refractivity (Wildman–Crippen MR) is 70.5 cm³/mol. The van der Waals surface area contributed by atoms with Gasteiger partial charge in [0.25, 0.3) is 0 Å². The summed E-state index contributed by atoms with van der Waals surface area (Å²) >= 11 is 0. The summed E-state index contributed by atoms with van der Waals surface area (Å²) < 4.78 is 0. The average molecular weight is 227 g/mol. The number of nitrogens with zero attached hydrogens (tertiary/aromatic N) is 2. The Morgan fingerprint density at radius 2 is 1.88 bits per heavy atom. The fraction of sp³-hybridized carbons (Fsp3) is 0.286. The maximum Gasteiger partial charge on any atom is 0.161 e. The number of anilines is 1. The fourth-order valence-electron chi connectivity index (χ4n) is 1.72. The monoisotopic (exact) mass is 227 g/mol. The number of benzene rings is 1. The summed E-state index contributed by atoms with van der Waals surface area (Å²) in [6.07, 6.45) is 3.25. The van der Waals surface area contributed by atoms with E-state index >= 15 is 0 Å². The van der Waals surface area contributed by atoms with Crippen LogP contribution in [0.3, 0.4) is 0 Å². The molecule has 2 aromatic rings. The molecule has 1 heterocycles. The van der Waals surface area contributed by atoms with E-state index in [1.807, 2.05) is 36.4 Å². The second kappa shape index (κ2) is 5.43. The van der Waals surface area contributed by atoms with E-state index in [1.54, 1.807) is 0 Å². The number of aromatic nitrogens is 2. The number of hydrogen-bond acceptors (Lipinski definition) is 3. The SMILES string of the molecule is CCCCc1cc(N)nc(-c2ccccc2)n1. The van der Waals surface area contributed by atoms with Gasteiger partial charge >= 0.3 is 0 Å². The summed E-state index contributed by atoms with van der Waals surface area (Å²) in [7, 11) is 0. The molecular weight excluding hydrogens is 210 g/mol. The molecule has 0 radical (unpaired) electrons. The first-order chi connectivity index (χ1) is 8.29. The van der Waals surface area contributed by atoms with E-state index in [9.17, 15) is 0 Å². The van der Waals surface area contributed by atoms with Gasteiger partial charge in [0.2, 0.25) is 0 Å². The van der Waals surface area contributed by atoms with E-state index < -0.39 is 0 Å². The fourth-order valence-corrected chi connectivity index (χ4v) is 1.72. The van der Waals surface area contributed by atoms with Crippen molar-refractivity contribution in [1.29, 1.82) is 0 Å². The molecule has 0 aliphatic heterocycles. The molecule has 2 N–H and O–H groups in total. The van der Waals surface area contributed by atoms with Crippen LogP contribution in [-0.2, 0) is 6.42 Å². The average Bonchev–Trinajstić information content (AvgIpc) is 2.37. The molecule has 0 spiro atoms. The molecule has 0 saturated heterocycles. The molecular formula is C14H17N3. The lowest BCUT2D eigenvalue weighted by Gasteiger charge is -2.05. The minimum absolute atomic E-state index is 0.546. The standard InChI is InChI=1S/C14H17N3/c1-2-3-9-12-10-13(15)17-14(16-12)11-7-5-4-6-8-11/h4-8,10H,2-3,9H2,1H3,(H2,15,16,17). The summed E-state index contributed by atoms with van der Waals surface area (Å²) in [4.78, 5) is 8.83. The van der Waals surface area contributed by atoms with Crippen molar-refractivity contribution in [2.24, 2.45) is 0 Å². The molecule has 0 amide bonds. The Balaban J connectivity index is 2.32. The zero-order valence-electron chi connectivity index (χ0n) is 10.1. The number of aryl methyl sites for hydroxylation is 1. The number of nitrogen functional groups attached to an aromatic ring is 1. The Morgan fingerprint density at radius 1 is 1.12 bits per heavy atom. The van der Waals surface area contributed by atoms with Gasteiger partial charge in [0, 0.05) is 17.3 Å². The summed E-state index contributed by atoms with van der Waals surface area (Å²) in [6.45, 7) is 2.17. The molecule has 1 aromatic carbocycles. The van der Waals surface area contributed by atoms with E-state index in [0.29, 0.717) is 5.82 Å². The van der Waals surface area contributed by atoms with Crippen LogP contribution in [0.15, 0.2) is 36.4 Å². The second-order valence-electron chi connectivity index (χ2n) is 4.08. The zero-order valence-corrected chi connectivity index (χ0v) is 10.1. The molecule has 3 heteroatoms. The molecule has 0 fully saturated rings. The Kier molecular flexibility index (Phi) is 3.70. The van der Waals surface area contributed by atoms with E-state index in [-0.39, 0.29) is 0 Å². The highest BCUT2D eigenvalue weighted by Crippen LogP contribution is 2.17. The van der Waals surface area contributed by atoms with Gasteiger partial charge in [0.05, 0.1) is 0 Å². The van der Waals surface area contributed by atoms with Crippen LogP contribution in [0, 0.1) is 0 Å². The van der Waals surface area contributed by atoms with Crippen LogP contribution in [0.5, 0.6) is 0 Å². The topological polar surface area (TPSA) is 51.8 Å². The quantitative estimate of drug-likeness (QED) is 0.873. The molecule has 0 bridgehead atoms. The summed E-state index contributed by atoms with van der Waals surface area (Å²) in [5, 5.41) is 0. The lowest BCUT2D eigenvalue weighted by Crippen LogP contribution is -2.00. The lowest BCUT2D eigenvalue weighted by molar-refractivity contribution is 0.775. The van der Waals surface area contributed by atoms with Crippen LogP contribution in [0.1, 0.15) is 25.5 Å². The summed E-state index contributed by atoms with van der Waals surface area (Å²) in [5.74, 6) is 1.27. The van der Waals surface area contributed by atoms with Crippen molar-refractivity contribution in [1.82, 2.24) is 9.97 Å². The van der Waals surface area contributed by atoms with E-state index in [1.165, 1.54) is 0 Å². The van der Waals surface area contributed by atoms with Gasteiger partial charge in [0.15, 0.2) is 5.82 Å². The Hall–Kier alpha value is -1.90. The van der Waals surface area contributed by atoms with E-state index in [4.69, 9.17) is 5.73 Å². The maximum absolute atomic E-state index is 5.82. The van der Waals surface area contributed by atoms with Crippen molar-refractivity contribution in [2.45, 2.75) is 26.2 Å². The third-order valence-electron chi connectivity index (χ3n) is 2.62. The van der Waals surface area contributed by atoms with Gasteiger partial charge in [-0.25, -0.2) is 9.97 Å². The highest BCUT2D eigenvalue weighted by atomic mass is 14.9. The van der Waals surface area contributed by atoms with Crippen LogP contribution in [0.25, 0.3) is 11.4 Å². The number of hydrogen-bond donors (Lipinski definition) is 1. The van der Waals surface area contributed by atoms with Crippen LogP contribution in [-0.4, -0.2) is 9.97 Å². The Morgan fingerprint density at radius 3 is 2.59 bits per heavy atom. The number of unbranched alkanes of at least 4 members (excludes halogenated alkanes) is 1. The van der Waals surface area contributed by atoms with E-state index in [2.05, 4.69) is 16.9 Å². The van der Waals surface area contributed by atoms with Crippen molar-refractivity contribution in [2.75, 3.05) is 5.73 Å². The first-order valence-corrected chi connectivity index (χ1v) is 5.98. The van der Waals surface area contributed by atoms with Crippen molar-refractivity contribution in [3.63, 3.8) is 0 Å². The summed E-state index contributed by atoms with van der Waals surface area (Å²) in [6, 6.07) is 11.8. The van der Waals surface area contributed by atoms with Gasteiger partial charge in [-0.15, -0.1) is 0 Å². The second-order valence-corrected chi connectivity index (χ2v) is 4.08. The molecule has 3 nitrogen and oxygen atoms in total. The summed E-state index contributed by atoms with van der Waals surface area (Å²) in [5.41, 5.74) is 7.86. The van der Waals surface area contributed by atoms with Crippen molar-refractivity contribution < 1.29 is 0 Å². The molecule has 17 heavy (non-hydrogen) atoms. The third kappa shape index (κ3) is 3.03. The zero-order chi connectivity index (χ0) is 12.1. The molecule has 2 rings (SSSR count). The first-order valence-electron chi connectivity index (χ1n) is 5.98. The normalized spacial score (nSPS) is 10.4. The molecule has 0 saturated carbocycles. The first kappa shape index (κ1) is 11.6. The minimum Gasteiger partial charge on any atom is -0.384 e. The van der Waals surface area contributed by atoms with Crippen LogP contribution in [0.4, 0.5) is 5.82 Å². The van der Waals surface area contributed by atoms with Crippen molar-refractivity contribution in [3.05, 3.63) is 42.1 Å². The highest BCUT2D eigenvalue weighted by molar-refractivity contribution is 5.56. The van der Waals surface area contributed by atoms with Gasteiger partial charge in [0.1, 0.15) is 5.82 Å². The van der Waals surface area contributed by atoms with Gasteiger partial charge in [-0.3, -0.25) is 0 Å². The molecule has 0 aliphatic carbocycles. The Labute approximate surface area is 102 Å². The molecule has 88 valence electrons. The molecule has 0 unspecified atom stereocenters. The minimum atomic E-state index is 0.546. The van der Waals surface area contributed by atoms with Gasteiger partial charge in [-0.2, -0.15) is 0 Å². The van der Waals surface area contributed by atoms with Crippen molar-refractivity contribution in [3.8, 4) is 11.4 Å². The number of rotatable bonds is 4. The molecule has 1 aromatic heterocycles. The molecule has 0 aliphatic rings. The largest absolute Gasteiger partial charge is 0.384 e. The Bertz CT molecular complexity index is 480. The van der Waals surface area contributed by atoms with Gasteiger partial charge < -0.3 is 5.73 Å². The third-order valence-corrected chi connectivity index (χ3v) is 2.62. The highest BCUT2D eigenvalue weighted by Gasteiger charge is 2.04. The van der Waals surface area contributed by atoms with Gasteiger partial charge in [-0.05, 0) is 12.8 Å². The molecule has 0 atom stereocenters. The van der Waals surface area contributed by atoms with E-state index in [0.717, 1.165) is 36.3 Å². The van der Waals surface area contributed by atoms with Crippen LogP contribution in [0.2, 0.25) is 0 Å². The van der Waals surface area contributed by atoms with Crippen molar-refractivity contribution >= 4 is 5.82 Å². The predicted octanol–water partition coefficient (Wildman–Crippen LogP) is 3.07. The van der Waals surface area contributed by atoms with Crippen LogP contribution < -0.4 is 5.73 Å². The smallest absolute Gasteiger partial charge is 0.161 e. The maximum atomic E-state index is 5.82. The van der Waals surface area contributed by atoms with Crippen LogP contribution >= 0.6 is 0 Å². The number of nitrogens with two attached hydrogens (primary N) is 1. The lowest BCUT2D eigenvalue weighted by atomic mass is 10.1. The van der Waals surface area contributed by atoms with Gasteiger partial charge in [-0.1, -0.05) is 43.7 Å².